The van der Waals surface area contributed by atoms with E-state index in [2.05, 4.69) is 0 Å². The van der Waals surface area contributed by atoms with Gasteiger partial charge < -0.3 is 10.2 Å². The SMILES string of the molecule is Cc1c(C)c(C(=O)O)c(C)c(C)c1O. The van der Waals surface area contributed by atoms with E-state index >= 15 is 0 Å². The van der Waals surface area contributed by atoms with Gasteiger partial charge in [0.15, 0.2) is 0 Å². The summed E-state index contributed by atoms with van der Waals surface area (Å²) in [5.41, 5.74) is 2.87. The number of phenolic OH excluding ortho intramolecular Hbond substituents is 1. The third-order valence-corrected chi connectivity index (χ3v) is 2.80. The van der Waals surface area contributed by atoms with Crippen LogP contribution in [0.2, 0.25) is 0 Å². The number of aromatic hydroxyl groups is 1. The number of rotatable bonds is 1. The Balaban J connectivity index is 3.68. The Labute approximate surface area is 83.0 Å². The van der Waals surface area contributed by atoms with Gasteiger partial charge in [0.2, 0.25) is 0 Å². The molecule has 14 heavy (non-hydrogen) atoms. The zero-order valence-corrected chi connectivity index (χ0v) is 8.80. The van der Waals surface area contributed by atoms with Crippen LogP contribution in [0.15, 0.2) is 0 Å². The van der Waals surface area contributed by atoms with Crippen molar-refractivity contribution in [2.45, 2.75) is 27.7 Å². The first kappa shape index (κ1) is 10.6. The summed E-state index contributed by atoms with van der Waals surface area (Å²) in [6, 6.07) is 0. The molecule has 2 N–H and O–H groups in total. The Morgan fingerprint density at radius 2 is 1.29 bits per heavy atom. The molecule has 0 fully saturated rings. The highest BCUT2D eigenvalue weighted by atomic mass is 16.4. The van der Waals surface area contributed by atoms with E-state index in [1.54, 1.807) is 27.7 Å². The van der Waals surface area contributed by atoms with Crippen LogP contribution in [0.4, 0.5) is 0 Å². The second kappa shape index (κ2) is 3.33. The summed E-state index contributed by atoms with van der Waals surface area (Å²) >= 11 is 0. The first-order valence-electron chi connectivity index (χ1n) is 4.40. The molecule has 0 aliphatic carbocycles. The molecule has 0 atom stereocenters. The first-order chi connectivity index (χ1) is 6.37. The Morgan fingerprint density at radius 1 is 0.929 bits per heavy atom. The van der Waals surface area contributed by atoms with Crippen molar-refractivity contribution in [1.82, 2.24) is 0 Å². The molecule has 1 aromatic rings. The topological polar surface area (TPSA) is 57.5 Å². The fourth-order valence-electron chi connectivity index (χ4n) is 1.61. The number of phenols is 1. The van der Waals surface area contributed by atoms with Gasteiger partial charge in [0.05, 0.1) is 5.56 Å². The van der Waals surface area contributed by atoms with E-state index in [9.17, 15) is 9.90 Å². The number of carbonyl (C=O) groups is 1. The normalized spacial score (nSPS) is 10.3. The maximum atomic E-state index is 11.0. The molecule has 1 aromatic carbocycles. The zero-order chi connectivity index (χ0) is 11.0. The summed E-state index contributed by atoms with van der Waals surface area (Å²) in [7, 11) is 0. The van der Waals surface area contributed by atoms with Crippen molar-refractivity contribution in [3.63, 3.8) is 0 Å². The van der Waals surface area contributed by atoms with Gasteiger partial charge in [-0.25, -0.2) is 4.79 Å². The van der Waals surface area contributed by atoms with Gasteiger partial charge in [0.1, 0.15) is 5.75 Å². The zero-order valence-electron chi connectivity index (χ0n) is 8.80. The average Bonchev–Trinajstić information content (AvgIpc) is 2.11. The van der Waals surface area contributed by atoms with Crippen LogP contribution in [0.3, 0.4) is 0 Å². The molecule has 0 saturated heterocycles. The van der Waals surface area contributed by atoms with Gasteiger partial charge in [-0.2, -0.15) is 0 Å². The van der Waals surface area contributed by atoms with Gasteiger partial charge in [-0.15, -0.1) is 0 Å². The molecule has 3 nitrogen and oxygen atoms in total. The first-order valence-corrected chi connectivity index (χ1v) is 4.40. The summed E-state index contributed by atoms with van der Waals surface area (Å²) in [5, 5.41) is 18.7. The summed E-state index contributed by atoms with van der Waals surface area (Å²) in [6.45, 7) is 6.88. The lowest BCUT2D eigenvalue weighted by molar-refractivity contribution is 0.0695. The maximum Gasteiger partial charge on any atom is 0.336 e. The minimum Gasteiger partial charge on any atom is -0.507 e. The largest absolute Gasteiger partial charge is 0.507 e. The van der Waals surface area contributed by atoms with E-state index < -0.39 is 5.97 Å². The van der Waals surface area contributed by atoms with Gasteiger partial charge >= 0.3 is 5.97 Å². The molecular formula is C11H14O3. The fraction of sp³-hybridized carbons (Fsp3) is 0.364. The molecule has 0 saturated carbocycles. The molecule has 0 aromatic heterocycles. The van der Waals surface area contributed by atoms with E-state index in [1.165, 1.54) is 0 Å². The summed E-state index contributed by atoms with van der Waals surface area (Å²) in [5.74, 6) is -0.740. The molecule has 0 radical (unpaired) electrons. The molecule has 0 spiro atoms. The van der Waals surface area contributed by atoms with E-state index in [0.717, 1.165) is 0 Å². The lowest BCUT2D eigenvalue weighted by Gasteiger charge is -2.14. The van der Waals surface area contributed by atoms with Crippen molar-refractivity contribution < 1.29 is 15.0 Å². The highest BCUT2D eigenvalue weighted by Crippen LogP contribution is 2.31. The predicted octanol–water partition coefficient (Wildman–Crippen LogP) is 2.32. The molecule has 3 heteroatoms. The maximum absolute atomic E-state index is 11.0. The van der Waals surface area contributed by atoms with Crippen molar-refractivity contribution in [2.75, 3.05) is 0 Å². The van der Waals surface area contributed by atoms with Crippen LogP contribution >= 0.6 is 0 Å². The average molecular weight is 194 g/mol. The number of hydrogen-bond donors (Lipinski definition) is 2. The summed E-state index contributed by atoms with van der Waals surface area (Å²) < 4.78 is 0. The molecule has 0 bridgehead atoms. The lowest BCUT2D eigenvalue weighted by atomic mass is 9.93. The third-order valence-electron chi connectivity index (χ3n) is 2.80. The Morgan fingerprint density at radius 3 is 1.57 bits per heavy atom. The van der Waals surface area contributed by atoms with Crippen LogP contribution in [0, 0.1) is 27.7 Å². The van der Waals surface area contributed by atoms with Gasteiger partial charge in [-0.1, -0.05) is 0 Å². The quantitative estimate of drug-likeness (QED) is 0.721. The van der Waals surface area contributed by atoms with Crippen LogP contribution in [-0.2, 0) is 0 Å². The highest BCUT2D eigenvalue weighted by Gasteiger charge is 2.18. The molecule has 1 rings (SSSR count). The van der Waals surface area contributed by atoms with Crippen molar-refractivity contribution in [1.29, 1.82) is 0 Å². The van der Waals surface area contributed by atoms with Crippen LogP contribution in [0.5, 0.6) is 5.75 Å². The van der Waals surface area contributed by atoms with Crippen molar-refractivity contribution in [2.24, 2.45) is 0 Å². The standard InChI is InChI=1S/C11H14O3/c1-5-7(3)10(12)8(4)6(2)9(5)11(13)14/h12H,1-4H3,(H,13,14). The van der Waals surface area contributed by atoms with E-state index in [1.807, 2.05) is 0 Å². The molecule has 0 amide bonds. The summed E-state index contributed by atoms with van der Waals surface area (Å²) in [6.07, 6.45) is 0. The number of benzene rings is 1. The van der Waals surface area contributed by atoms with E-state index in [0.29, 0.717) is 27.8 Å². The summed E-state index contributed by atoms with van der Waals surface area (Å²) in [4.78, 5) is 11.0. The molecule has 0 heterocycles. The minimum atomic E-state index is -0.939. The Bertz CT molecular complexity index is 376. The molecule has 0 aliphatic heterocycles. The smallest absolute Gasteiger partial charge is 0.336 e. The van der Waals surface area contributed by atoms with Gasteiger partial charge in [-0.3, -0.25) is 0 Å². The van der Waals surface area contributed by atoms with Crippen LogP contribution in [0.1, 0.15) is 32.6 Å². The van der Waals surface area contributed by atoms with E-state index in [-0.39, 0.29) is 5.75 Å². The Kier molecular flexibility index (Phi) is 2.51. The highest BCUT2D eigenvalue weighted by molar-refractivity contribution is 5.92. The number of hydrogen-bond acceptors (Lipinski definition) is 2. The Hall–Kier alpha value is -1.51. The molecule has 76 valence electrons. The fourth-order valence-corrected chi connectivity index (χ4v) is 1.61. The minimum absolute atomic E-state index is 0.199. The molecular weight excluding hydrogens is 180 g/mol. The van der Waals surface area contributed by atoms with E-state index in [4.69, 9.17) is 5.11 Å². The van der Waals surface area contributed by atoms with Gasteiger partial charge in [-0.05, 0) is 49.9 Å². The second-order valence-electron chi connectivity index (χ2n) is 3.53. The van der Waals surface area contributed by atoms with Crippen LogP contribution in [0.25, 0.3) is 0 Å². The number of aromatic carboxylic acids is 1. The van der Waals surface area contributed by atoms with Crippen molar-refractivity contribution in [3.8, 4) is 5.75 Å². The van der Waals surface area contributed by atoms with Gasteiger partial charge in [0, 0.05) is 0 Å². The van der Waals surface area contributed by atoms with Crippen molar-refractivity contribution >= 4 is 5.97 Å². The van der Waals surface area contributed by atoms with Crippen molar-refractivity contribution in [3.05, 3.63) is 27.8 Å². The molecule has 0 unspecified atom stereocenters. The third kappa shape index (κ3) is 1.35. The number of carboxylic acid groups (broad SMARTS) is 1. The van der Waals surface area contributed by atoms with Crippen LogP contribution < -0.4 is 0 Å². The lowest BCUT2D eigenvalue weighted by Crippen LogP contribution is -2.06. The van der Waals surface area contributed by atoms with Gasteiger partial charge in [0.25, 0.3) is 0 Å². The number of carboxylic acids is 1. The predicted molar refractivity (Wildman–Crippen MR) is 54.0 cm³/mol. The van der Waals surface area contributed by atoms with Crippen LogP contribution in [-0.4, -0.2) is 16.2 Å². The molecule has 0 aliphatic rings. The second-order valence-corrected chi connectivity index (χ2v) is 3.53. The monoisotopic (exact) mass is 194 g/mol.